The maximum Gasteiger partial charge on any atom is 0.247 e. The SMILES string of the molecule is Cn1cc(CN2CC(=O)N3CCN(Cc4ccc5ncccc5c4)CC3C2=O)c2ccccc21. The molecule has 0 bridgehead atoms. The van der Waals surface area contributed by atoms with E-state index in [-0.39, 0.29) is 18.4 Å². The van der Waals surface area contributed by atoms with Crippen molar-refractivity contribution in [2.75, 3.05) is 26.2 Å². The number of rotatable bonds is 4. The molecule has 2 amide bonds. The summed E-state index contributed by atoms with van der Waals surface area (Å²) in [4.78, 5) is 36.7. The number of piperazine rings is 2. The van der Waals surface area contributed by atoms with E-state index in [2.05, 4.69) is 51.0 Å². The van der Waals surface area contributed by atoms with Crippen molar-refractivity contribution in [3.05, 3.63) is 78.1 Å². The lowest BCUT2D eigenvalue weighted by Crippen LogP contribution is -2.66. The number of nitrogens with zero attached hydrogens (tertiary/aromatic N) is 5. The van der Waals surface area contributed by atoms with Gasteiger partial charge < -0.3 is 14.4 Å². The fraction of sp³-hybridized carbons (Fsp3) is 0.296. The number of para-hydroxylation sites is 1. The zero-order chi connectivity index (χ0) is 23.2. The highest BCUT2D eigenvalue weighted by Crippen LogP contribution is 2.25. The second kappa shape index (κ2) is 8.25. The minimum atomic E-state index is -0.424. The number of hydrogen-bond donors (Lipinski definition) is 0. The van der Waals surface area contributed by atoms with Crippen LogP contribution in [-0.2, 0) is 29.7 Å². The molecule has 2 saturated heterocycles. The molecule has 2 aromatic heterocycles. The van der Waals surface area contributed by atoms with E-state index in [0.717, 1.165) is 40.5 Å². The van der Waals surface area contributed by atoms with Gasteiger partial charge >= 0.3 is 0 Å². The molecule has 2 aliphatic heterocycles. The first-order valence-electron chi connectivity index (χ1n) is 11.7. The molecule has 2 aliphatic rings. The molecule has 6 rings (SSSR count). The van der Waals surface area contributed by atoms with Gasteiger partial charge in [-0.05, 0) is 35.4 Å². The molecule has 2 aromatic carbocycles. The standard InChI is InChI=1S/C27H27N5O2/c1-29-15-21(22-6-2-3-7-24(22)29)16-31-18-26(33)32-12-11-30(17-25(32)27(31)34)14-19-8-9-23-20(13-19)5-4-10-28-23/h2-10,13,15,25H,11-12,14,16-18H2,1H3. The molecular formula is C27H27N5O2. The lowest BCUT2D eigenvalue weighted by atomic mass is 10.0. The first-order chi connectivity index (χ1) is 16.6. The maximum absolute atomic E-state index is 13.5. The number of aryl methyl sites for hydroxylation is 1. The van der Waals surface area contributed by atoms with Gasteiger partial charge in [0, 0.05) is 68.5 Å². The van der Waals surface area contributed by atoms with Crippen molar-refractivity contribution in [1.29, 1.82) is 0 Å². The summed E-state index contributed by atoms with van der Waals surface area (Å²) in [6.45, 7) is 3.27. The predicted octanol–water partition coefficient (Wildman–Crippen LogP) is 2.78. The fourth-order valence-corrected chi connectivity index (χ4v) is 5.41. The van der Waals surface area contributed by atoms with Crippen molar-refractivity contribution in [1.82, 2.24) is 24.3 Å². The quantitative estimate of drug-likeness (QED) is 0.477. The minimum Gasteiger partial charge on any atom is -0.350 e. The van der Waals surface area contributed by atoms with E-state index in [9.17, 15) is 9.59 Å². The predicted molar refractivity (Wildman–Crippen MR) is 131 cm³/mol. The second-order valence-corrected chi connectivity index (χ2v) is 9.35. The van der Waals surface area contributed by atoms with E-state index in [0.29, 0.717) is 19.6 Å². The molecule has 0 N–H and O–H groups in total. The van der Waals surface area contributed by atoms with Crippen molar-refractivity contribution in [2.45, 2.75) is 19.1 Å². The Morgan fingerprint density at radius 1 is 1.00 bits per heavy atom. The summed E-state index contributed by atoms with van der Waals surface area (Å²) in [5.74, 6) is 0.0845. The maximum atomic E-state index is 13.5. The van der Waals surface area contributed by atoms with E-state index in [1.807, 2.05) is 31.3 Å². The molecule has 2 fully saturated rings. The van der Waals surface area contributed by atoms with E-state index < -0.39 is 6.04 Å². The third-order valence-corrected chi connectivity index (χ3v) is 7.12. The van der Waals surface area contributed by atoms with Crippen LogP contribution in [0.15, 0.2) is 67.0 Å². The van der Waals surface area contributed by atoms with Gasteiger partial charge in [-0.25, -0.2) is 0 Å². The van der Waals surface area contributed by atoms with Crippen molar-refractivity contribution in [2.24, 2.45) is 7.05 Å². The smallest absolute Gasteiger partial charge is 0.247 e. The summed E-state index contributed by atoms with van der Waals surface area (Å²) in [6.07, 6.45) is 3.87. The van der Waals surface area contributed by atoms with Crippen molar-refractivity contribution >= 4 is 33.6 Å². The monoisotopic (exact) mass is 453 g/mol. The lowest BCUT2D eigenvalue weighted by molar-refractivity contribution is -0.160. The lowest BCUT2D eigenvalue weighted by Gasteiger charge is -2.46. The van der Waals surface area contributed by atoms with E-state index in [1.165, 1.54) is 5.56 Å². The van der Waals surface area contributed by atoms with Crippen LogP contribution in [0.2, 0.25) is 0 Å². The molecule has 172 valence electrons. The van der Waals surface area contributed by atoms with Crippen LogP contribution in [0, 0.1) is 0 Å². The third-order valence-electron chi connectivity index (χ3n) is 7.12. The normalized spacial score (nSPS) is 19.3. The molecule has 0 radical (unpaired) electrons. The van der Waals surface area contributed by atoms with Gasteiger partial charge in [0.2, 0.25) is 11.8 Å². The Morgan fingerprint density at radius 3 is 2.79 bits per heavy atom. The van der Waals surface area contributed by atoms with E-state index >= 15 is 0 Å². The van der Waals surface area contributed by atoms with Crippen LogP contribution in [0.25, 0.3) is 21.8 Å². The van der Waals surface area contributed by atoms with Crippen LogP contribution in [0.5, 0.6) is 0 Å². The summed E-state index contributed by atoms with van der Waals surface area (Å²) < 4.78 is 2.08. The van der Waals surface area contributed by atoms with Crippen molar-refractivity contribution < 1.29 is 9.59 Å². The summed E-state index contributed by atoms with van der Waals surface area (Å²) in [6, 6.07) is 18.1. The Hall–Kier alpha value is -3.71. The Labute approximate surface area is 198 Å². The number of fused-ring (bicyclic) bond motifs is 3. The third kappa shape index (κ3) is 3.62. The van der Waals surface area contributed by atoms with Crippen LogP contribution in [0.1, 0.15) is 11.1 Å². The topological polar surface area (TPSA) is 61.7 Å². The average molecular weight is 454 g/mol. The molecule has 7 heteroatoms. The number of carbonyl (C=O) groups is 2. The Morgan fingerprint density at radius 2 is 1.88 bits per heavy atom. The highest BCUT2D eigenvalue weighted by atomic mass is 16.2. The van der Waals surface area contributed by atoms with Crippen LogP contribution in [0.4, 0.5) is 0 Å². The average Bonchev–Trinajstić information content (AvgIpc) is 3.17. The van der Waals surface area contributed by atoms with Gasteiger partial charge in [-0.1, -0.05) is 30.3 Å². The van der Waals surface area contributed by atoms with Gasteiger partial charge in [0.15, 0.2) is 0 Å². The summed E-state index contributed by atoms with van der Waals surface area (Å²) in [7, 11) is 2.01. The van der Waals surface area contributed by atoms with Gasteiger partial charge in [-0.3, -0.25) is 19.5 Å². The molecule has 4 heterocycles. The second-order valence-electron chi connectivity index (χ2n) is 9.35. The number of benzene rings is 2. The zero-order valence-electron chi connectivity index (χ0n) is 19.2. The molecule has 0 aliphatic carbocycles. The summed E-state index contributed by atoms with van der Waals surface area (Å²) in [5.41, 5.74) is 4.37. The zero-order valence-corrected chi connectivity index (χ0v) is 19.2. The number of amides is 2. The largest absolute Gasteiger partial charge is 0.350 e. The Bertz CT molecular complexity index is 1410. The molecule has 0 saturated carbocycles. The fourth-order valence-electron chi connectivity index (χ4n) is 5.41. The first kappa shape index (κ1) is 20.9. The molecule has 4 aromatic rings. The van der Waals surface area contributed by atoms with Gasteiger partial charge in [0.05, 0.1) is 5.52 Å². The van der Waals surface area contributed by atoms with Crippen molar-refractivity contribution in [3.8, 4) is 0 Å². The highest BCUT2D eigenvalue weighted by Gasteiger charge is 2.42. The van der Waals surface area contributed by atoms with E-state index in [4.69, 9.17) is 0 Å². The van der Waals surface area contributed by atoms with Gasteiger partial charge in [-0.15, -0.1) is 0 Å². The van der Waals surface area contributed by atoms with Gasteiger partial charge in [0.1, 0.15) is 12.6 Å². The Balaban J connectivity index is 1.20. The molecular weight excluding hydrogens is 426 g/mol. The minimum absolute atomic E-state index is 0.0416. The summed E-state index contributed by atoms with van der Waals surface area (Å²) in [5, 5.41) is 2.24. The van der Waals surface area contributed by atoms with Crippen LogP contribution in [-0.4, -0.2) is 68.3 Å². The van der Waals surface area contributed by atoms with Crippen LogP contribution >= 0.6 is 0 Å². The molecule has 0 spiro atoms. The summed E-state index contributed by atoms with van der Waals surface area (Å²) >= 11 is 0. The number of aromatic nitrogens is 2. The molecule has 34 heavy (non-hydrogen) atoms. The molecule has 1 atom stereocenters. The molecule has 7 nitrogen and oxygen atoms in total. The number of pyridine rings is 1. The van der Waals surface area contributed by atoms with Crippen LogP contribution in [0.3, 0.4) is 0 Å². The van der Waals surface area contributed by atoms with Gasteiger partial charge in [0.25, 0.3) is 0 Å². The van der Waals surface area contributed by atoms with Crippen molar-refractivity contribution in [3.63, 3.8) is 0 Å². The van der Waals surface area contributed by atoms with Crippen LogP contribution < -0.4 is 0 Å². The highest BCUT2D eigenvalue weighted by molar-refractivity contribution is 5.95. The van der Waals surface area contributed by atoms with Gasteiger partial charge in [-0.2, -0.15) is 0 Å². The Kier molecular flexibility index (Phi) is 5.07. The molecule has 1 unspecified atom stereocenters. The number of hydrogen-bond acceptors (Lipinski definition) is 4. The number of carbonyl (C=O) groups excluding carboxylic acids is 2. The first-order valence-corrected chi connectivity index (χ1v) is 11.7. The van der Waals surface area contributed by atoms with E-state index in [1.54, 1.807) is 16.0 Å².